The molecule has 1 rings (SSSR count). The van der Waals surface area contributed by atoms with Crippen molar-refractivity contribution in [2.24, 2.45) is 5.73 Å². The Morgan fingerprint density at radius 2 is 2.17 bits per heavy atom. The summed E-state index contributed by atoms with van der Waals surface area (Å²) >= 11 is 0. The van der Waals surface area contributed by atoms with Crippen molar-refractivity contribution in [2.75, 3.05) is 18.8 Å². The standard InChI is InChI=1S/C11H16N4O3/c1-2-14(7-11(13)16)6-8-3-4-10(15(17)18)9(12)5-8/h3-5H,2,6-7,12H2,1H3,(H2,13,16). The first-order valence-electron chi connectivity index (χ1n) is 5.47. The molecule has 7 nitrogen and oxygen atoms in total. The number of rotatable bonds is 6. The van der Waals surface area contributed by atoms with Gasteiger partial charge in [-0.25, -0.2) is 0 Å². The lowest BCUT2D eigenvalue weighted by molar-refractivity contribution is -0.383. The zero-order chi connectivity index (χ0) is 13.7. The number of nitro benzene ring substituents is 1. The maximum Gasteiger partial charge on any atom is 0.292 e. The number of nitrogens with zero attached hydrogens (tertiary/aromatic N) is 2. The van der Waals surface area contributed by atoms with E-state index in [0.29, 0.717) is 13.1 Å². The second kappa shape index (κ2) is 5.97. The minimum absolute atomic E-state index is 0.114. The van der Waals surface area contributed by atoms with E-state index in [0.717, 1.165) is 5.56 Å². The van der Waals surface area contributed by atoms with Gasteiger partial charge in [0.2, 0.25) is 5.91 Å². The third-order valence-electron chi connectivity index (χ3n) is 2.52. The highest BCUT2D eigenvalue weighted by molar-refractivity contribution is 5.75. The van der Waals surface area contributed by atoms with E-state index in [1.165, 1.54) is 6.07 Å². The zero-order valence-electron chi connectivity index (χ0n) is 10.1. The summed E-state index contributed by atoms with van der Waals surface area (Å²) in [4.78, 5) is 22.7. The van der Waals surface area contributed by atoms with Gasteiger partial charge < -0.3 is 11.5 Å². The van der Waals surface area contributed by atoms with E-state index in [2.05, 4.69) is 0 Å². The zero-order valence-corrected chi connectivity index (χ0v) is 10.1. The minimum atomic E-state index is -0.528. The number of benzene rings is 1. The van der Waals surface area contributed by atoms with Crippen molar-refractivity contribution in [3.63, 3.8) is 0 Å². The molecule has 0 atom stereocenters. The van der Waals surface area contributed by atoms with Crippen LogP contribution in [0, 0.1) is 10.1 Å². The van der Waals surface area contributed by atoms with Crippen molar-refractivity contribution in [1.82, 2.24) is 4.90 Å². The lowest BCUT2D eigenvalue weighted by Crippen LogP contribution is -2.33. The normalized spacial score (nSPS) is 10.6. The van der Waals surface area contributed by atoms with Gasteiger partial charge in [0.05, 0.1) is 11.5 Å². The number of primary amides is 1. The molecule has 1 aromatic rings. The van der Waals surface area contributed by atoms with Gasteiger partial charge in [0.25, 0.3) is 5.69 Å². The van der Waals surface area contributed by atoms with Crippen LogP contribution in [0.5, 0.6) is 0 Å². The molecular formula is C11H16N4O3. The summed E-state index contributed by atoms with van der Waals surface area (Å²) in [7, 11) is 0. The SMILES string of the molecule is CCN(CC(N)=O)Cc1ccc([N+](=O)[O-])c(N)c1. The van der Waals surface area contributed by atoms with E-state index in [1.54, 1.807) is 12.1 Å². The van der Waals surface area contributed by atoms with Gasteiger partial charge in [-0.1, -0.05) is 13.0 Å². The molecule has 0 unspecified atom stereocenters. The van der Waals surface area contributed by atoms with E-state index in [-0.39, 0.29) is 17.9 Å². The van der Waals surface area contributed by atoms with E-state index in [9.17, 15) is 14.9 Å². The molecule has 0 aromatic heterocycles. The highest BCUT2D eigenvalue weighted by Gasteiger charge is 2.13. The third-order valence-corrected chi connectivity index (χ3v) is 2.52. The average molecular weight is 252 g/mol. The second-order valence-electron chi connectivity index (χ2n) is 3.92. The molecule has 0 heterocycles. The molecule has 1 aromatic carbocycles. The Kier molecular flexibility index (Phi) is 4.61. The fourth-order valence-electron chi connectivity index (χ4n) is 1.63. The Bertz CT molecular complexity index is 462. The van der Waals surface area contributed by atoms with Gasteiger partial charge in [0, 0.05) is 12.6 Å². The Morgan fingerprint density at radius 3 is 2.61 bits per heavy atom. The molecule has 0 aliphatic carbocycles. The van der Waals surface area contributed by atoms with Crippen molar-refractivity contribution >= 4 is 17.3 Å². The Balaban J connectivity index is 2.81. The minimum Gasteiger partial charge on any atom is -0.393 e. The summed E-state index contributed by atoms with van der Waals surface area (Å²) in [5, 5.41) is 10.6. The number of carbonyl (C=O) groups excluding carboxylic acids is 1. The van der Waals surface area contributed by atoms with Gasteiger partial charge >= 0.3 is 0 Å². The van der Waals surface area contributed by atoms with Gasteiger partial charge in [0.1, 0.15) is 5.69 Å². The first-order chi connectivity index (χ1) is 8.43. The number of carbonyl (C=O) groups is 1. The molecule has 4 N–H and O–H groups in total. The highest BCUT2D eigenvalue weighted by atomic mass is 16.6. The van der Waals surface area contributed by atoms with Crippen LogP contribution in [0.4, 0.5) is 11.4 Å². The lowest BCUT2D eigenvalue weighted by Gasteiger charge is -2.18. The van der Waals surface area contributed by atoms with Crippen LogP contribution in [0.1, 0.15) is 12.5 Å². The fraction of sp³-hybridized carbons (Fsp3) is 0.364. The van der Waals surface area contributed by atoms with Crippen LogP contribution in [0.15, 0.2) is 18.2 Å². The third kappa shape index (κ3) is 3.70. The molecule has 0 spiro atoms. The smallest absolute Gasteiger partial charge is 0.292 e. The molecule has 0 aliphatic heterocycles. The maximum absolute atomic E-state index is 10.8. The van der Waals surface area contributed by atoms with Gasteiger partial charge in [-0.05, 0) is 18.2 Å². The molecule has 98 valence electrons. The van der Waals surface area contributed by atoms with Crippen LogP contribution >= 0.6 is 0 Å². The van der Waals surface area contributed by atoms with E-state index in [1.807, 2.05) is 11.8 Å². The summed E-state index contributed by atoms with van der Waals surface area (Å²) in [6, 6.07) is 4.53. The molecule has 0 radical (unpaired) electrons. The summed E-state index contributed by atoms with van der Waals surface area (Å²) < 4.78 is 0. The van der Waals surface area contributed by atoms with Crippen molar-refractivity contribution in [3.8, 4) is 0 Å². The van der Waals surface area contributed by atoms with Gasteiger partial charge in [0.15, 0.2) is 0 Å². The second-order valence-corrected chi connectivity index (χ2v) is 3.92. The summed E-state index contributed by atoms with van der Waals surface area (Å²) in [6.07, 6.45) is 0. The molecule has 0 bridgehead atoms. The van der Waals surface area contributed by atoms with Crippen molar-refractivity contribution < 1.29 is 9.72 Å². The Hall–Kier alpha value is -2.15. The van der Waals surface area contributed by atoms with Crippen LogP contribution < -0.4 is 11.5 Å². The summed E-state index contributed by atoms with van der Waals surface area (Å²) in [6.45, 7) is 3.17. The van der Waals surface area contributed by atoms with Gasteiger partial charge in [-0.2, -0.15) is 0 Å². The number of nitro groups is 1. The first-order valence-corrected chi connectivity index (χ1v) is 5.47. The average Bonchev–Trinajstić information content (AvgIpc) is 2.27. The largest absolute Gasteiger partial charge is 0.393 e. The molecule has 7 heteroatoms. The van der Waals surface area contributed by atoms with Gasteiger partial charge in [-0.15, -0.1) is 0 Å². The molecule has 0 saturated heterocycles. The fourth-order valence-corrected chi connectivity index (χ4v) is 1.63. The molecule has 0 aliphatic rings. The summed E-state index contributed by atoms with van der Waals surface area (Å²) in [5.74, 6) is -0.410. The van der Waals surface area contributed by atoms with Crippen LogP contribution in [-0.2, 0) is 11.3 Å². The Labute approximate surface area is 105 Å². The van der Waals surface area contributed by atoms with Crippen LogP contribution in [0.3, 0.4) is 0 Å². The highest BCUT2D eigenvalue weighted by Crippen LogP contribution is 2.22. The topological polar surface area (TPSA) is 115 Å². The Morgan fingerprint density at radius 1 is 1.50 bits per heavy atom. The first kappa shape index (κ1) is 13.9. The quantitative estimate of drug-likeness (QED) is 0.434. The monoisotopic (exact) mass is 252 g/mol. The summed E-state index contributed by atoms with van der Waals surface area (Å²) in [5.41, 5.74) is 11.5. The predicted molar refractivity (Wildman–Crippen MR) is 67.7 cm³/mol. The number of anilines is 1. The van der Waals surface area contributed by atoms with Crippen LogP contribution in [0.2, 0.25) is 0 Å². The number of nitrogen functional groups attached to an aromatic ring is 1. The van der Waals surface area contributed by atoms with Crippen LogP contribution in [0.25, 0.3) is 0 Å². The van der Waals surface area contributed by atoms with Crippen molar-refractivity contribution in [2.45, 2.75) is 13.5 Å². The maximum atomic E-state index is 10.8. The molecule has 0 fully saturated rings. The lowest BCUT2D eigenvalue weighted by atomic mass is 10.1. The number of amides is 1. The number of likely N-dealkylation sites (N-methyl/N-ethyl adjacent to an activating group) is 1. The van der Waals surface area contributed by atoms with Crippen LogP contribution in [-0.4, -0.2) is 28.8 Å². The molecule has 1 amide bonds. The van der Waals surface area contributed by atoms with E-state index < -0.39 is 10.8 Å². The van der Waals surface area contributed by atoms with Crippen molar-refractivity contribution in [1.29, 1.82) is 0 Å². The van der Waals surface area contributed by atoms with E-state index in [4.69, 9.17) is 11.5 Å². The van der Waals surface area contributed by atoms with Gasteiger partial charge in [-0.3, -0.25) is 19.8 Å². The van der Waals surface area contributed by atoms with E-state index >= 15 is 0 Å². The number of hydrogen-bond donors (Lipinski definition) is 2. The number of nitrogens with two attached hydrogens (primary N) is 2. The molecule has 0 saturated carbocycles. The predicted octanol–water partition coefficient (Wildman–Crippen LogP) is 0.484. The number of hydrogen-bond acceptors (Lipinski definition) is 5. The molecular weight excluding hydrogens is 236 g/mol. The molecule has 18 heavy (non-hydrogen) atoms. The van der Waals surface area contributed by atoms with Crippen molar-refractivity contribution in [3.05, 3.63) is 33.9 Å².